The lowest BCUT2D eigenvalue weighted by molar-refractivity contribution is -0.154. The van der Waals surface area contributed by atoms with Crippen LogP contribution in [0.15, 0.2) is 65.1 Å². The molecular formula is C31H38NO6P2S+. The zero-order chi connectivity index (χ0) is 30.8. The number of rotatable bonds is 10. The highest BCUT2D eigenvalue weighted by atomic mass is 32.6. The maximum Gasteiger partial charge on any atom is 0.416 e. The van der Waals surface area contributed by atoms with E-state index in [0.29, 0.717) is 18.6 Å². The number of cyclic esters (lactones) is 1. The normalized spacial score (nSPS) is 16.6. The number of aryl methyl sites for hydroxylation is 2. The van der Waals surface area contributed by atoms with Gasteiger partial charge in [-0.1, -0.05) is 73.5 Å². The molecule has 0 saturated carbocycles. The Morgan fingerprint density at radius 2 is 1.93 bits per heavy atom. The first-order valence-electron chi connectivity index (χ1n) is 14.1. The third-order valence-corrected chi connectivity index (χ3v) is 6.84. The van der Waals surface area contributed by atoms with E-state index in [1.807, 2.05) is 61.5 Å². The van der Waals surface area contributed by atoms with E-state index in [2.05, 4.69) is 33.7 Å². The first-order chi connectivity index (χ1) is 20.0. The van der Waals surface area contributed by atoms with Crippen LogP contribution in [0.25, 0.3) is 11.1 Å². The summed E-state index contributed by atoms with van der Waals surface area (Å²) in [5.41, 5.74) is 4.02. The largest absolute Gasteiger partial charge is 0.461 e. The number of amides is 2. The highest BCUT2D eigenvalue weighted by Gasteiger charge is 2.43. The fraction of sp³-hybridized carbons (Fsp3) is 0.387. The van der Waals surface area contributed by atoms with Crippen molar-refractivity contribution in [2.75, 3.05) is 6.61 Å². The molecule has 41 heavy (non-hydrogen) atoms. The van der Waals surface area contributed by atoms with Crippen molar-refractivity contribution in [1.29, 1.82) is 1.28 Å². The summed E-state index contributed by atoms with van der Waals surface area (Å²) in [5, 5.41) is 0. The molecule has 4 rings (SSSR count). The molecule has 0 spiro atoms. The van der Waals surface area contributed by atoms with E-state index >= 15 is 0 Å². The second-order valence-electron chi connectivity index (χ2n) is 10.0. The maximum absolute atomic E-state index is 13.7. The second-order valence-corrected chi connectivity index (χ2v) is 12.8. The average Bonchev–Trinajstić information content (AvgIpc) is 3.53. The van der Waals surface area contributed by atoms with Gasteiger partial charge in [0.25, 0.3) is 0 Å². The summed E-state index contributed by atoms with van der Waals surface area (Å²) in [6.07, 6.45) is 1.43. The molecule has 0 bridgehead atoms. The number of benzene rings is 2. The minimum Gasteiger partial charge on any atom is -0.461 e. The van der Waals surface area contributed by atoms with Crippen LogP contribution in [0.1, 0.15) is 62.4 Å². The molecule has 1 aromatic heterocycles. The Morgan fingerprint density at radius 3 is 2.56 bits per heavy atom. The first-order valence-corrected chi connectivity index (χ1v) is 17.2. The lowest BCUT2D eigenvalue weighted by atomic mass is 9.97. The third-order valence-electron chi connectivity index (χ3n) is 6.84. The van der Waals surface area contributed by atoms with Gasteiger partial charge in [-0.2, -0.15) is 0 Å². The minimum atomic E-state index is -0.996. The van der Waals surface area contributed by atoms with Gasteiger partial charge < -0.3 is 13.9 Å². The van der Waals surface area contributed by atoms with Crippen molar-refractivity contribution >= 4 is 45.7 Å². The smallest absolute Gasteiger partial charge is 0.416 e. The molecular weight excluding hydrogens is 576 g/mol. The van der Waals surface area contributed by atoms with Crippen LogP contribution >= 0.6 is 15.9 Å². The summed E-state index contributed by atoms with van der Waals surface area (Å²) < 4.78 is 23.6. The number of carbonyl (C=O) groups excluding carboxylic acids is 3. The van der Waals surface area contributed by atoms with Gasteiger partial charge in [0.2, 0.25) is 5.91 Å². The third kappa shape index (κ3) is 8.78. The van der Waals surface area contributed by atoms with Crippen LogP contribution in [0, 0.1) is 12.8 Å². The Morgan fingerprint density at radius 1 is 1.22 bits per heavy atom. The van der Waals surface area contributed by atoms with Crippen LogP contribution < -0.4 is 0 Å². The highest BCUT2D eigenvalue weighted by Crippen LogP contribution is 2.37. The Balaban J connectivity index is 0.00000114. The molecule has 2 amide bonds. The number of imide groups is 1. The summed E-state index contributed by atoms with van der Waals surface area (Å²) >= 11 is 4.31. The zero-order valence-electron chi connectivity index (χ0n) is 24.9. The standard InChI is InChI=1S/C31H35NO6.H2P2S/c1-5-6-15-27-26(24-14-10-11-20(2)16-24)18-28(38-27)29(37-22(4)33)21(3)30(34)32-25(19-36-31(32)35)17-23-12-8-7-9-13-23;1-2-3/h7-14,16,18,21,25,29H,5-6,15,17,19H2,1-4H3;1H2/p+1/t21-,25-,29-;/m0./s1/i/hT. The quantitative estimate of drug-likeness (QED) is 0.174. The molecule has 218 valence electrons. The van der Waals surface area contributed by atoms with Gasteiger partial charge in [-0.3, -0.25) is 9.59 Å². The number of hydrogen-bond acceptors (Lipinski definition) is 7. The van der Waals surface area contributed by atoms with Crippen molar-refractivity contribution in [2.45, 2.75) is 65.5 Å². The van der Waals surface area contributed by atoms with E-state index < -0.39 is 43.0 Å². The monoisotopic (exact) mass is 616 g/mol. The van der Waals surface area contributed by atoms with E-state index in [0.717, 1.165) is 45.8 Å². The van der Waals surface area contributed by atoms with Crippen LogP contribution in [0.5, 0.6) is 0 Å². The molecule has 10 heteroatoms. The molecule has 0 N–H and O–H groups in total. The van der Waals surface area contributed by atoms with Crippen molar-refractivity contribution in [3.63, 3.8) is 0 Å². The van der Waals surface area contributed by atoms with Crippen molar-refractivity contribution < 1.29 is 28.3 Å². The summed E-state index contributed by atoms with van der Waals surface area (Å²) in [6, 6.07) is 19.2. The van der Waals surface area contributed by atoms with Crippen LogP contribution in [-0.2, 0) is 43.7 Å². The molecule has 2 aromatic carbocycles. The Bertz CT molecular complexity index is 1400. The number of furan rings is 1. The SMILES string of the molecule is CCCCc1oc([C@@H](OC(C)=O)[C@H](C)C(=O)N2C(=O)OC[C@@H]2Cc2ccccc2)cc1-c1cccc(C)c1.[3H][P+](P)=S. The number of unbranched alkanes of at least 4 members (excludes halogenated alkanes) is 1. The van der Waals surface area contributed by atoms with Gasteiger partial charge in [-0.05, 0) is 43.9 Å². The Kier molecular flexibility index (Phi) is 12.0. The van der Waals surface area contributed by atoms with Gasteiger partial charge in [0.15, 0.2) is 24.9 Å². The van der Waals surface area contributed by atoms with Gasteiger partial charge in [-0.15, -0.1) is 0 Å². The summed E-state index contributed by atoms with van der Waals surface area (Å²) in [5.74, 6) is -0.715. The molecule has 1 aliphatic heterocycles. The van der Waals surface area contributed by atoms with Gasteiger partial charge in [-0.25, -0.2) is 9.69 Å². The van der Waals surface area contributed by atoms with E-state index in [9.17, 15) is 14.4 Å². The predicted octanol–water partition coefficient (Wildman–Crippen LogP) is 7.34. The Labute approximate surface area is 252 Å². The first kappa shape index (κ1) is 31.0. The number of ether oxygens (including phenoxy) is 2. The van der Waals surface area contributed by atoms with Gasteiger partial charge in [0.05, 0.1) is 20.9 Å². The van der Waals surface area contributed by atoms with E-state index in [1.165, 1.54) is 6.92 Å². The van der Waals surface area contributed by atoms with Crippen LogP contribution in [0.3, 0.4) is 0 Å². The molecule has 7 nitrogen and oxygen atoms in total. The minimum absolute atomic E-state index is 0.115. The topological polar surface area (TPSA) is 86.0 Å². The summed E-state index contributed by atoms with van der Waals surface area (Å²) in [7, 11) is 2.20. The second kappa shape index (κ2) is 15.9. The molecule has 1 fully saturated rings. The summed E-state index contributed by atoms with van der Waals surface area (Å²) in [6.45, 7) is 6.34. The number of esters is 1. The van der Waals surface area contributed by atoms with Crippen molar-refractivity contribution in [3.05, 3.63) is 83.3 Å². The van der Waals surface area contributed by atoms with Gasteiger partial charge >= 0.3 is 13.3 Å². The van der Waals surface area contributed by atoms with Crippen molar-refractivity contribution in [2.24, 2.45) is 5.92 Å². The van der Waals surface area contributed by atoms with Crippen molar-refractivity contribution in [1.82, 2.24) is 4.90 Å². The highest BCUT2D eigenvalue weighted by molar-refractivity contribution is 8.24. The van der Waals surface area contributed by atoms with Crippen LogP contribution in [0.4, 0.5) is 4.79 Å². The summed E-state index contributed by atoms with van der Waals surface area (Å²) in [4.78, 5) is 39.7. The van der Waals surface area contributed by atoms with Gasteiger partial charge in [0.1, 0.15) is 18.1 Å². The molecule has 3 aromatic rings. The van der Waals surface area contributed by atoms with Crippen molar-refractivity contribution in [3.8, 4) is 11.1 Å². The fourth-order valence-electron chi connectivity index (χ4n) is 4.87. The molecule has 1 aliphatic rings. The maximum atomic E-state index is 13.7. The van der Waals surface area contributed by atoms with Gasteiger partial charge in [0, 0.05) is 18.9 Å². The Hall–Kier alpha value is -2.92. The molecule has 0 aliphatic carbocycles. The number of carbonyl (C=O) groups is 3. The molecule has 2 unspecified atom stereocenters. The molecule has 5 atom stereocenters. The van der Waals surface area contributed by atoms with Crippen LogP contribution in [-0.4, -0.2) is 36.8 Å². The number of nitrogens with zero attached hydrogens (tertiary/aromatic N) is 1. The predicted molar refractivity (Wildman–Crippen MR) is 169 cm³/mol. The number of hydrogen-bond donors (Lipinski definition) is 0. The fourth-order valence-corrected chi connectivity index (χ4v) is 4.87. The van der Waals surface area contributed by atoms with E-state index in [1.54, 1.807) is 6.92 Å². The lowest BCUT2D eigenvalue weighted by Crippen LogP contribution is -2.44. The molecule has 2 heterocycles. The molecule has 1 saturated heterocycles. The van der Waals surface area contributed by atoms with E-state index in [4.69, 9.17) is 15.2 Å². The molecule has 0 radical (unpaired) electrons. The zero-order valence-corrected chi connectivity index (χ0v) is 26.7. The lowest BCUT2D eigenvalue weighted by Gasteiger charge is -2.27. The average molecular weight is 617 g/mol. The van der Waals surface area contributed by atoms with E-state index in [-0.39, 0.29) is 6.61 Å². The van der Waals surface area contributed by atoms with Crippen LogP contribution in [0.2, 0.25) is 0 Å².